The second-order valence-corrected chi connectivity index (χ2v) is 4.56. The van der Waals surface area contributed by atoms with Gasteiger partial charge in [0.25, 0.3) is 5.91 Å². The Labute approximate surface area is 100 Å². The van der Waals surface area contributed by atoms with Gasteiger partial charge in [-0.2, -0.15) is 0 Å². The van der Waals surface area contributed by atoms with E-state index in [1.54, 1.807) is 4.90 Å². The Morgan fingerprint density at radius 1 is 1.00 bits per heavy atom. The highest BCUT2D eigenvalue weighted by molar-refractivity contribution is 5.94. The average Bonchev–Trinajstić information content (AvgIpc) is 2.14. The van der Waals surface area contributed by atoms with Crippen molar-refractivity contribution in [1.29, 1.82) is 0 Å². The molecule has 0 unspecified atom stereocenters. The SMILES string of the molecule is CC(C)N(C(=O)c1cc(F)cc(F)c1)C(C)C. The first-order valence-electron chi connectivity index (χ1n) is 5.61. The number of hydrogen-bond acceptors (Lipinski definition) is 1. The van der Waals surface area contributed by atoms with E-state index in [2.05, 4.69) is 0 Å². The molecule has 0 saturated heterocycles. The summed E-state index contributed by atoms with van der Waals surface area (Å²) >= 11 is 0. The summed E-state index contributed by atoms with van der Waals surface area (Å²) in [5.74, 6) is -1.82. The van der Waals surface area contributed by atoms with Gasteiger partial charge < -0.3 is 4.90 Å². The molecular formula is C13H17F2NO. The molecule has 0 heterocycles. The predicted molar refractivity (Wildman–Crippen MR) is 62.8 cm³/mol. The van der Waals surface area contributed by atoms with E-state index in [1.807, 2.05) is 27.7 Å². The quantitative estimate of drug-likeness (QED) is 0.795. The molecule has 0 atom stereocenters. The lowest BCUT2D eigenvalue weighted by Crippen LogP contribution is -2.42. The second-order valence-electron chi connectivity index (χ2n) is 4.56. The molecule has 17 heavy (non-hydrogen) atoms. The van der Waals surface area contributed by atoms with E-state index in [9.17, 15) is 13.6 Å². The van der Waals surface area contributed by atoms with Gasteiger partial charge in [0.15, 0.2) is 0 Å². The molecule has 4 heteroatoms. The number of rotatable bonds is 3. The fourth-order valence-corrected chi connectivity index (χ4v) is 1.89. The molecule has 94 valence electrons. The molecule has 1 rings (SSSR count). The van der Waals surface area contributed by atoms with E-state index in [0.29, 0.717) is 0 Å². The van der Waals surface area contributed by atoms with Crippen molar-refractivity contribution in [1.82, 2.24) is 4.90 Å². The molecule has 0 saturated carbocycles. The molecule has 0 aliphatic rings. The smallest absolute Gasteiger partial charge is 0.254 e. The summed E-state index contributed by atoms with van der Waals surface area (Å²) in [5, 5.41) is 0. The molecule has 2 nitrogen and oxygen atoms in total. The minimum absolute atomic E-state index is 0.0196. The van der Waals surface area contributed by atoms with Gasteiger partial charge in [0.2, 0.25) is 0 Å². The molecule has 0 aliphatic carbocycles. The molecule has 0 N–H and O–H groups in total. The number of amides is 1. The van der Waals surface area contributed by atoms with Crippen LogP contribution in [-0.4, -0.2) is 22.9 Å². The topological polar surface area (TPSA) is 20.3 Å². The van der Waals surface area contributed by atoms with Crippen molar-refractivity contribution in [3.8, 4) is 0 Å². The maximum absolute atomic E-state index is 13.0. The van der Waals surface area contributed by atoms with Gasteiger partial charge in [-0.25, -0.2) is 8.78 Å². The Hall–Kier alpha value is -1.45. The van der Waals surface area contributed by atoms with Gasteiger partial charge in [0.05, 0.1) is 0 Å². The standard InChI is InChI=1S/C13H17F2NO/c1-8(2)16(9(3)4)13(17)10-5-11(14)7-12(15)6-10/h5-9H,1-4H3. The van der Waals surface area contributed by atoms with Crippen LogP contribution in [0.4, 0.5) is 8.78 Å². The van der Waals surface area contributed by atoms with Gasteiger partial charge in [-0.1, -0.05) is 0 Å². The zero-order chi connectivity index (χ0) is 13.2. The maximum atomic E-state index is 13.0. The largest absolute Gasteiger partial charge is 0.334 e. The van der Waals surface area contributed by atoms with Crippen LogP contribution in [0, 0.1) is 11.6 Å². The number of carbonyl (C=O) groups excluding carboxylic acids is 1. The van der Waals surface area contributed by atoms with Crippen LogP contribution in [0.15, 0.2) is 18.2 Å². The molecule has 0 radical (unpaired) electrons. The van der Waals surface area contributed by atoms with E-state index < -0.39 is 11.6 Å². The lowest BCUT2D eigenvalue weighted by molar-refractivity contribution is 0.0642. The first kappa shape index (κ1) is 13.6. The van der Waals surface area contributed by atoms with E-state index in [0.717, 1.165) is 18.2 Å². The molecule has 1 aromatic rings. The van der Waals surface area contributed by atoms with Crippen LogP contribution in [0.2, 0.25) is 0 Å². The van der Waals surface area contributed by atoms with Crippen LogP contribution in [0.3, 0.4) is 0 Å². The normalized spacial score (nSPS) is 11.1. The van der Waals surface area contributed by atoms with Crippen molar-refractivity contribution < 1.29 is 13.6 Å². The Morgan fingerprint density at radius 2 is 1.41 bits per heavy atom. The highest BCUT2D eigenvalue weighted by atomic mass is 19.1. The molecule has 0 bridgehead atoms. The van der Waals surface area contributed by atoms with Crippen LogP contribution in [-0.2, 0) is 0 Å². The summed E-state index contributed by atoms with van der Waals surface area (Å²) in [6, 6.07) is 2.83. The van der Waals surface area contributed by atoms with E-state index in [-0.39, 0.29) is 23.6 Å². The first-order valence-corrected chi connectivity index (χ1v) is 5.61. The molecule has 0 aromatic heterocycles. The number of benzene rings is 1. The Balaban J connectivity index is 3.09. The van der Waals surface area contributed by atoms with Crippen LogP contribution in [0.5, 0.6) is 0 Å². The third-order valence-electron chi connectivity index (χ3n) is 2.46. The third-order valence-corrected chi connectivity index (χ3v) is 2.46. The summed E-state index contributed by atoms with van der Waals surface area (Å²) in [6.45, 7) is 7.47. The van der Waals surface area contributed by atoms with Gasteiger partial charge in [-0.05, 0) is 39.8 Å². The van der Waals surface area contributed by atoms with E-state index >= 15 is 0 Å². The fourth-order valence-electron chi connectivity index (χ4n) is 1.89. The lowest BCUT2D eigenvalue weighted by Gasteiger charge is -2.30. The molecule has 0 aliphatic heterocycles. The lowest BCUT2D eigenvalue weighted by atomic mass is 10.1. The monoisotopic (exact) mass is 241 g/mol. The van der Waals surface area contributed by atoms with Gasteiger partial charge in [-0.15, -0.1) is 0 Å². The maximum Gasteiger partial charge on any atom is 0.254 e. The molecule has 1 amide bonds. The van der Waals surface area contributed by atoms with Crippen molar-refractivity contribution >= 4 is 5.91 Å². The Morgan fingerprint density at radius 3 is 1.76 bits per heavy atom. The number of halogens is 2. The van der Waals surface area contributed by atoms with E-state index in [4.69, 9.17) is 0 Å². The average molecular weight is 241 g/mol. The van der Waals surface area contributed by atoms with Crippen LogP contribution in [0.1, 0.15) is 38.1 Å². The fraction of sp³-hybridized carbons (Fsp3) is 0.462. The van der Waals surface area contributed by atoms with Crippen LogP contribution in [0.25, 0.3) is 0 Å². The van der Waals surface area contributed by atoms with Crippen LogP contribution >= 0.6 is 0 Å². The summed E-state index contributed by atoms with van der Waals surface area (Å²) < 4.78 is 26.1. The van der Waals surface area contributed by atoms with Crippen molar-refractivity contribution in [3.63, 3.8) is 0 Å². The number of hydrogen-bond donors (Lipinski definition) is 0. The number of carbonyl (C=O) groups is 1. The summed E-state index contributed by atoms with van der Waals surface area (Å²) in [6.07, 6.45) is 0. The minimum atomic E-state index is -0.735. The van der Waals surface area contributed by atoms with Gasteiger partial charge >= 0.3 is 0 Å². The molecular weight excluding hydrogens is 224 g/mol. The van der Waals surface area contributed by atoms with Gasteiger partial charge in [-0.3, -0.25) is 4.79 Å². The van der Waals surface area contributed by atoms with Crippen molar-refractivity contribution in [2.75, 3.05) is 0 Å². The van der Waals surface area contributed by atoms with Gasteiger partial charge in [0, 0.05) is 23.7 Å². The van der Waals surface area contributed by atoms with Crippen molar-refractivity contribution in [3.05, 3.63) is 35.4 Å². The van der Waals surface area contributed by atoms with Crippen molar-refractivity contribution in [2.45, 2.75) is 39.8 Å². The predicted octanol–water partition coefficient (Wildman–Crippen LogP) is 3.22. The minimum Gasteiger partial charge on any atom is -0.334 e. The second kappa shape index (κ2) is 5.25. The summed E-state index contributed by atoms with van der Waals surface area (Å²) in [4.78, 5) is 13.7. The highest BCUT2D eigenvalue weighted by Crippen LogP contribution is 2.14. The summed E-state index contributed by atoms with van der Waals surface area (Å²) in [5.41, 5.74) is 0.0462. The zero-order valence-electron chi connectivity index (χ0n) is 10.5. The Bertz CT molecular complexity index is 388. The van der Waals surface area contributed by atoms with Crippen molar-refractivity contribution in [2.24, 2.45) is 0 Å². The third kappa shape index (κ3) is 3.25. The van der Waals surface area contributed by atoms with Crippen LogP contribution < -0.4 is 0 Å². The summed E-state index contributed by atoms with van der Waals surface area (Å²) in [7, 11) is 0. The number of nitrogens with zero attached hydrogens (tertiary/aromatic N) is 1. The first-order chi connectivity index (χ1) is 7.82. The van der Waals surface area contributed by atoms with Gasteiger partial charge in [0.1, 0.15) is 11.6 Å². The molecule has 0 fully saturated rings. The molecule has 0 spiro atoms. The molecule has 1 aromatic carbocycles. The Kier molecular flexibility index (Phi) is 4.21. The highest BCUT2D eigenvalue weighted by Gasteiger charge is 2.22. The zero-order valence-corrected chi connectivity index (χ0v) is 10.5. The van der Waals surface area contributed by atoms with E-state index in [1.165, 1.54) is 0 Å².